The average Bonchev–Trinajstić information content (AvgIpc) is 2.61. The molecule has 3 atom stereocenters. The molecule has 1 heterocycles. The van der Waals surface area contributed by atoms with Gasteiger partial charge in [0.2, 0.25) is 5.91 Å². The summed E-state index contributed by atoms with van der Waals surface area (Å²) in [5.74, 6) is -0.0553. The van der Waals surface area contributed by atoms with Crippen LogP contribution in [0, 0.1) is 5.92 Å². The number of rotatable bonds is 6. The molecule has 0 aliphatic carbocycles. The van der Waals surface area contributed by atoms with Crippen LogP contribution in [0.1, 0.15) is 23.2 Å². The molecule has 0 unspecified atom stereocenters. The highest BCUT2D eigenvalue weighted by Gasteiger charge is 2.49. The third-order valence-electron chi connectivity index (χ3n) is 4.42. The Morgan fingerprint density at radius 2 is 1.74 bits per heavy atom. The first-order chi connectivity index (χ1) is 11.3. The second-order valence-corrected chi connectivity index (χ2v) is 5.74. The number of amides is 1. The molecule has 118 valence electrons. The van der Waals surface area contributed by atoms with Crippen LogP contribution in [-0.2, 0) is 9.53 Å². The van der Waals surface area contributed by atoms with Crippen molar-refractivity contribution in [3.05, 3.63) is 84.4 Å². The fraction of sp³-hybridized carbons (Fsp3) is 0.250. The molecule has 0 radical (unpaired) electrons. The zero-order valence-electron chi connectivity index (χ0n) is 13.3. The van der Waals surface area contributed by atoms with E-state index in [1.54, 1.807) is 13.2 Å². The number of nitrogens with zero attached hydrogens (tertiary/aromatic N) is 1. The summed E-state index contributed by atoms with van der Waals surface area (Å²) in [7, 11) is 1.67. The Morgan fingerprint density at radius 1 is 1.13 bits per heavy atom. The zero-order chi connectivity index (χ0) is 16.2. The molecule has 3 rings (SSSR count). The van der Waals surface area contributed by atoms with Gasteiger partial charge in [-0.1, -0.05) is 66.7 Å². The van der Waals surface area contributed by atoms with Gasteiger partial charge in [0.1, 0.15) is 0 Å². The normalized spacial score (nSPS) is 21.6. The number of hydrogen-bond donors (Lipinski definition) is 0. The van der Waals surface area contributed by atoms with Crippen molar-refractivity contribution >= 4 is 5.91 Å². The summed E-state index contributed by atoms with van der Waals surface area (Å²) in [6.07, 6.45) is 1.76. The molecule has 2 aromatic carbocycles. The lowest BCUT2D eigenvalue weighted by Gasteiger charge is -2.50. The standard InChI is InChI=1S/C20H21NO2/c1-3-17-19(16-12-8-5-9-13-16)21(20(17)22)18(14-23-2)15-10-6-4-7-11-15/h3-13,17-19H,1,14H2,2H3/t17-,18-,19-/m1/s1. The van der Waals surface area contributed by atoms with Crippen LogP contribution in [0.25, 0.3) is 0 Å². The first kappa shape index (κ1) is 15.5. The number of likely N-dealkylation sites (tertiary alicyclic amines) is 1. The van der Waals surface area contributed by atoms with Crippen LogP contribution in [0.2, 0.25) is 0 Å². The molecule has 3 heteroatoms. The minimum Gasteiger partial charge on any atom is -0.382 e. The fourth-order valence-corrected chi connectivity index (χ4v) is 3.30. The molecular weight excluding hydrogens is 286 g/mol. The molecule has 1 amide bonds. The number of hydrogen-bond acceptors (Lipinski definition) is 2. The number of benzene rings is 2. The second kappa shape index (κ2) is 6.80. The zero-order valence-corrected chi connectivity index (χ0v) is 13.3. The van der Waals surface area contributed by atoms with Crippen molar-refractivity contribution in [1.29, 1.82) is 0 Å². The molecule has 2 aromatic rings. The monoisotopic (exact) mass is 307 g/mol. The molecule has 1 aliphatic heterocycles. The topological polar surface area (TPSA) is 29.5 Å². The average molecular weight is 307 g/mol. The summed E-state index contributed by atoms with van der Waals surface area (Å²) in [6.45, 7) is 4.32. The summed E-state index contributed by atoms with van der Waals surface area (Å²) in [6, 6.07) is 20.1. The van der Waals surface area contributed by atoms with Crippen LogP contribution in [0.5, 0.6) is 0 Å². The highest BCUT2D eigenvalue weighted by Crippen LogP contribution is 2.46. The van der Waals surface area contributed by atoms with Crippen molar-refractivity contribution < 1.29 is 9.53 Å². The Labute approximate surface area is 137 Å². The van der Waals surface area contributed by atoms with Gasteiger partial charge in [0.05, 0.1) is 24.6 Å². The maximum Gasteiger partial charge on any atom is 0.233 e. The summed E-state index contributed by atoms with van der Waals surface area (Å²) >= 11 is 0. The number of β-lactam (4-membered cyclic amide) rings is 1. The van der Waals surface area contributed by atoms with E-state index >= 15 is 0 Å². The van der Waals surface area contributed by atoms with Gasteiger partial charge in [-0.05, 0) is 11.1 Å². The van der Waals surface area contributed by atoms with E-state index in [2.05, 4.69) is 18.7 Å². The summed E-state index contributed by atoms with van der Waals surface area (Å²) in [5.41, 5.74) is 2.22. The van der Waals surface area contributed by atoms with Crippen LogP contribution >= 0.6 is 0 Å². The molecule has 1 fully saturated rings. The first-order valence-corrected chi connectivity index (χ1v) is 7.81. The largest absolute Gasteiger partial charge is 0.382 e. The highest BCUT2D eigenvalue weighted by atomic mass is 16.5. The van der Waals surface area contributed by atoms with Crippen molar-refractivity contribution in [2.75, 3.05) is 13.7 Å². The molecule has 23 heavy (non-hydrogen) atoms. The predicted octanol–water partition coefficient (Wildman–Crippen LogP) is 3.76. The van der Waals surface area contributed by atoms with Crippen LogP contribution in [-0.4, -0.2) is 24.5 Å². The van der Waals surface area contributed by atoms with E-state index < -0.39 is 0 Å². The molecule has 1 aliphatic rings. The van der Waals surface area contributed by atoms with Crippen molar-refractivity contribution in [2.24, 2.45) is 5.92 Å². The maximum atomic E-state index is 12.7. The van der Waals surface area contributed by atoms with E-state index in [9.17, 15) is 4.79 Å². The molecule has 3 nitrogen and oxygen atoms in total. The van der Waals surface area contributed by atoms with Crippen molar-refractivity contribution in [2.45, 2.75) is 12.1 Å². The smallest absolute Gasteiger partial charge is 0.233 e. The van der Waals surface area contributed by atoms with Crippen molar-refractivity contribution in [3.63, 3.8) is 0 Å². The van der Waals surface area contributed by atoms with E-state index in [0.717, 1.165) is 11.1 Å². The van der Waals surface area contributed by atoms with Gasteiger partial charge in [-0.2, -0.15) is 0 Å². The van der Waals surface area contributed by atoms with Crippen molar-refractivity contribution in [1.82, 2.24) is 4.90 Å². The molecular formula is C20H21NO2. The van der Waals surface area contributed by atoms with Crippen LogP contribution in [0.3, 0.4) is 0 Å². The molecule has 0 aromatic heterocycles. The Bertz CT molecular complexity index is 669. The first-order valence-electron chi connectivity index (χ1n) is 7.81. The third kappa shape index (κ3) is 2.80. The molecule has 0 N–H and O–H groups in total. The van der Waals surface area contributed by atoms with Gasteiger partial charge in [-0.15, -0.1) is 6.58 Å². The summed E-state index contributed by atoms with van der Waals surface area (Å²) in [5, 5.41) is 0. The van der Waals surface area contributed by atoms with Gasteiger partial charge in [0, 0.05) is 7.11 Å². The van der Waals surface area contributed by atoms with Gasteiger partial charge in [0.15, 0.2) is 0 Å². The summed E-state index contributed by atoms with van der Waals surface area (Å²) < 4.78 is 5.40. The van der Waals surface area contributed by atoms with Crippen LogP contribution < -0.4 is 0 Å². The van der Waals surface area contributed by atoms with Gasteiger partial charge < -0.3 is 9.64 Å². The minimum absolute atomic E-state index is 0.0153. The van der Waals surface area contributed by atoms with Crippen LogP contribution in [0.15, 0.2) is 73.3 Å². The molecule has 0 spiro atoms. The van der Waals surface area contributed by atoms with Crippen molar-refractivity contribution in [3.8, 4) is 0 Å². The van der Waals surface area contributed by atoms with Crippen LogP contribution in [0.4, 0.5) is 0 Å². The fourth-order valence-electron chi connectivity index (χ4n) is 3.30. The Morgan fingerprint density at radius 3 is 2.30 bits per heavy atom. The number of methoxy groups -OCH3 is 1. The lowest BCUT2D eigenvalue weighted by molar-refractivity contribution is -0.160. The Kier molecular flexibility index (Phi) is 4.58. The predicted molar refractivity (Wildman–Crippen MR) is 90.8 cm³/mol. The molecule has 0 saturated carbocycles. The van der Waals surface area contributed by atoms with E-state index in [-0.39, 0.29) is 23.9 Å². The second-order valence-electron chi connectivity index (χ2n) is 5.74. The lowest BCUT2D eigenvalue weighted by Crippen LogP contribution is -2.56. The van der Waals surface area contributed by atoms with E-state index in [0.29, 0.717) is 6.61 Å². The molecule has 1 saturated heterocycles. The number of ether oxygens (including phenoxy) is 1. The van der Waals surface area contributed by atoms with Gasteiger partial charge in [0.25, 0.3) is 0 Å². The number of carbonyl (C=O) groups excluding carboxylic acids is 1. The maximum absolute atomic E-state index is 12.7. The van der Waals surface area contributed by atoms with E-state index in [1.807, 2.05) is 53.4 Å². The number of carbonyl (C=O) groups is 1. The molecule has 0 bridgehead atoms. The van der Waals surface area contributed by atoms with Gasteiger partial charge in [-0.3, -0.25) is 4.79 Å². The Hall–Kier alpha value is -2.39. The van der Waals surface area contributed by atoms with E-state index in [4.69, 9.17) is 4.74 Å². The van der Waals surface area contributed by atoms with Gasteiger partial charge in [-0.25, -0.2) is 0 Å². The minimum atomic E-state index is -0.166. The third-order valence-corrected chi connectivity index (χ3v) is 4.42. The quantitative estimate of drug-likeness (QED) is 0.601. The highest BCUT2D eigenvalue weighted by molar-refractivity contribution is 5.88. The SMILES string of the molecule is C=C[C@H]1C(=O)N([C@H](COC)c2ccccc2)[C@@H]1c1ccccc1. The Balaban J connectivity index is 1.97. The van der Waals surface area contributed by atoms with E-state index in [1.165, 1.54) is 0 Å². The summed E-state index contributed by atoms with van der Waals surface area (Å²) in [4.78, 5) is 14.6. The lowest BCUT2D eigenvalue weighted by atomic mass is 9.80. The van der Waals surface area contributed by atoms with Gasteiger partial charge >= 0.3 is 0 Å².